The van der Waals surface area contributed by atoms with Gasteiger partial charge in [-0.25, -0.2) is 12.8 Å². The Kier molecular flexibility index (Phi) is 4.38. The Morgan fingerprint density at radius 3 is 2.38 bits per heavy atom. The van der Waals surface area contributed by atoms with Crippen molar-refractivity contribution in [2.24, 2.45) is 0 Å². The number of hydrogen-bond acceptors (Lipinski definition) is 3. The molecule has 1 amide bonds. The maximum absolute atomic E-state index is 13.0. The van der Waals surface area contributed by atoms with Crippen LogP contribution in [-0.2, 0) is 27.8 Å². The van der Waals surface area contributed by atoms with Gasteiger partial charge in [-0.3, -0.25) is 4.79 Å². The third kappa shape index (κ3) is 3.47. The van der Waals surface area contributed by atoms with Crippen molar-refractivity contribution in [3.05, 3.63) is 65.5 Å². The molecule has 2 aromatic rings. The van der Waals surface area contributed by atoms with E-state index in [1.807, 2.05) is 24.3 Å². The van der Waals surface area contributed by atoms with Crippen LogP contribution in [-0.4, -0.2) is 30.9 Å². The molecule has 0 saturated carbocycles. The van der Waals surface area contributed by atoms with Crippen molar-refractivity contribution in [2.45, 2.75) is 19.0 Å². The molecular formula is C17H17FN2O3S. The molecule has 24 heavy (non-hydrogen) atoms. The summed E-state index contributed by atoms with van der Waals surface area (Å²) in [6.45, 7) is 0.163. The Morgan fingerprint density at radius 2 is 1.75 bits per heavy atom. The van der Waals surface area contributed by atoms with Gasteiger partial charge in [-0.15, -0.1) is 0 Å². The number of carbonyl (C=O) groups is 1. The van der Waals surface area contributed by atoms with Gasteiger partial charge in [0.25, 0.3) is 0 Å². The zero-order valence-electron chi connectivity index (χ0n) is 13.1. The normalized spacial score (nSPS) is 18.0. The van der Waals surface area contributed by atoms with Crippen molar-refractivity contribution >= 4 is 21.6 Å². The molecule has 0 bridgehead atoms. The number of rotatable bonds is 3. The topological polar surface area (TPSA) is 66.5 Å². The van der Waals surface area contributed by atoms with Crippen LogP contribution in [0.5, 0.6) is 0 Å². The standard InChI is InChI=1S/C17H17FN2O3S/c1-24(22,23)20-11-13-5-3-2-4-12(13)10-16(20)17(21)19-15-8-6-14(18)7-9-15/h2-9,16H,10-11H2,1H3,(H,19,21)/t16-/m0/s1. The molecule has 1 aliphatic rings. The molecule has 0 saturated heterocycles. The maximum Gasteiger partial charge on any atom is 0.243 e. The maximum atomic E-state index is 13.0. The summed E-state index contributed by atoms with van der Waals surface area (Å²) < 4.78 is 38.4. The van der Waals surface area contributed by atoms with E-state index in [0.29, 0.717) is 12.1 Å². The van der Waals surface area contributed by atoms with Gasteiger partial charge in [0.15, 0.2) is 0 Å². The van der Waals surface area contributed by atoms with Crippen molar-refractivity contribution in [1.82, 2.24) is 4.31 Å². The third-order valence-electron chi connectivity index (χ3n) is 4.05. The Hall–Kier alpha value is -2.25. The summed E-state index contributed by atoms with van der Waals surface area (Å²) in [6, 6.07) is 12.0. The molecule has 2 aromatic carbocycles. The molecule has 3 rings (SSSR count). The summed E-state index contributed by atoms with van der Waals surface area (Å²) in [6.07, 6.45) is 1.40. The van der Waals surface area contributed by atoms with Crippen LogP contribution in [0.3, 0.4) is 0 Å². The summed E-state index contributed by atoms with van der Waals surface area (Å²) in [5.74, 6) is -0.834. The smallest absolute Gasteiger partial charge is 0.243 e. The molecule has 126 valence electrons. The second-order valence-electron chi connectivity index (χ2n) is 5.79. The lowest BCUT2D eigenvalue weighted by Gasteiger charge is -2.34. The fraction of sp³-hybridized carbons (Fsp3) is 0.235. The molecule has 0 unspecified atom stereocenters. The van der Waals surface area contributed by atoms with Crippen LogP contribution in [0, 0.1) is 5.82 Å². The van der Waals surface area contributed by atoms with Gasteiger partial charge < -0.3 is 5.32 Å². The number of amides is 1. The van der Waals surface area contributed by atoms with E-state index in [0.717, 1.165) is 17.4 Å². The predicted molar refractivity (Wildman–Crippen MR) is 89.4 cm³/mol. The molecule has 0 aromatic heterocycles. The van der Waals surface area contributed by atoms with Crippen molar-refractivity contribution in [1.29, 1.82) is 0 Å². The highest BCUT2D eigenvalue weighted by molar-refractivity contribution is 7.88. The number of carbonyl (C=O) groups excluding carboxylic acids is 1. The van der Waals surface area contributed by atoms with Crippen LogP contribution < -0.4 is 5.32 Å². The number of hydrogen-bond donors (Lipinski definition) is 1. The highest BCUT2D eigenvalue weighted by atomic mass is 32.2. The zero-order valence-corrected chi connectivity index (χ0v) is 13.9. The Labute approximate surface area is 140 Å². The summed E-state index contributed by atoms with van der Waals surface area (Å²) in [4.78, 5) is 12.6. The highest BCUT2D eigenvalue weighted by Crippen LogP contribution is 2.26. The average molecular weight is 348 g/mol. The molecule has 1 heterocycles. The minimum absolute atomic E-state index is 0.163. The molecule has 1 aliphatic heterocycles. The highest BCUT2D eigenvalue weighted by Gasteiger charge is 2.36. The van der Waals surface area contributed by atoms with Gasteiger partial charge in [0.05, 0.1) is 6.26 Å². The first kappa shape index (κ1) is 16.6. The van der Waals surface area contributed by atoms with Crippen LogP contribution in [0.4, 0.5) is 10.1 Å². The SMILES string of the molecule is CS(=O)(=O)N1Cc2ccccc2C[C@H]1C(=O)Nc1ccc(F)cc1. The van der Waals surface area contributed by atoms with Crippen LogP contribution in [0.1, 0.15) is 11.1 Å². The van der Waals surface area contributed by atoms with Gasteiger partial charge in [0, 0.05) is 12.2 Å². The van der Waals surface area contributed by atoms with Gasteiger partial charge in [0.1, 0.15) is 11.9 Å². The first-order chi connectivity index (χ1) is 11.3. The monoisotopic (exact) mass is 348 g/mol. The fourth-order valence-electron chi connectivity index (χ4n) is 2.83. The quantitative estimate of drug-likeness (QED) is 0.924. The van der Waals surface area contributed by atoms with Crippen LogP contribution in [0.15, 0.2) is 48.5 Å². The van der Waals surface area contributed by atoms with Crippen molar-refractivity contribution in [3.63, 3.8) is 0 Å². The number of anilines is 1. The van der Waals surface area contributed by atoms with Gasteiger partial charge in [0.2, 0.25) is 15.9 Å². The lowest BCUT2D eigenvalue weighted by molar-refractivity contribution is -0.120. The number of halogens is 1. The Bertz CT molecular complexity index is 866. The summed E-state index contributed by atoms with van der Waals surface area (Å²) in [7, 11) is -3.55. The van der Waals surface area contributed by atoms with Gasteiger partial charge in [-0.1, -0.05) is 24.3 Å². The lowest BCUT2D eigenvalue weighted by atomic mass is 9.95. The number of benzene rings is 2. The van der Waals surface area contributed by atoms with Gasteiger partial charge in [-0.05, 0) is 41.8 Å². The van der Waals surface area contributed by atoms with E-state index in [1.165, 1.54) is 28.6 Å². The number of sulfonamides is 1. The minimum atomic E-state index is -3.55. The molecule has 0 aliphatic carbocycles. The molecule has 0 radical (unpaired) electrons. The fourth-order valence-corrected chi connectivity index (χ4v) is 3.84. The summed E-state index contributed by atoms with van der Waals surface area (Å²) >= 11 is 0. The second kappa shape index (κ2) is 6.33. The second-order valence-corrected chi connectivity index (χ2v) is 7.73. The van der Waals surface area contributed by atoms with E-state index in [1.54, 1.807) is 0 Å². The lowest BCUT2D eigenvalue weighted by Crippen LogP contribution is -2.50. The van der Waals surface area contributed by atoms with Crippen LogP contribution in [0.2, 0.25) is 0 Å². The number of nitrogens with one attached hydrogen (secondary N) is 1. The van der Waals surface area contributed by atoms with E-state index in [-0.39, 0.29) is 6.54 Å². The molecule has 7 heteroatoms. The minimum Gasteiger partial charge on any atom is -0.325 e. The van der Waals surface area contributed by atoms with E-state index < -0.39 is 27.8 Å². The first-order valence-corrected chi connectivity index (χ1v) is 9.29. The van der Waals surface area contributed by atoms with E-state index in [4.69, 9.17) is 0 Å². The Morgan fingerprint density at radius 1 is 1.12 bits per heavy atom. The van der Waals surface area contributed by atoms with E-state index >= 15 is 0 Å². The van der Waals surface area contributed by atoms with Crippen molar-refractivity contribution in [2.75, 3.05) is 11.6 Å². The third-order valence-corrected chi connectivity index (χ3v) is 5.28. The van der Waals surface area contributed by atoms with Gasteiger partial charge in [-0.2, -0.15) is 4.31 Å². The molecule has 0 fully saturated rings. The van der Waals surface area contributed by atoms with Crippen molar-refractivity contribution in [3.8, 4) is 0 Å². The zero-order chi connectivity index (χ0) is 17.3. The number of fused-ring (bicyclic) bond motifs is 1. The predicted octanol–water partition coefficient (Wildman–Crippen LogP) is 2.15. The molecule has 0 spiro atoms. The summed E-state index contributed by atoms with van der Waals surface area (Å²) in [5, 5.41) is 2.66. The Balaban J connectivity index is 1.88. The van der Waals surface area contributed by atoms with E-state index in [2.05, 4.69) is 5.32 Å². The molecule has 1 N–H and O–H groups in total. The molecule has 5 nitrogen and oxygen atoms in total. The van der Waals surface area contributed by atoms with Crippen molar-refractivity contribution < 1.29 is 17.6 Å². The van der Waals surface area contributed by atoms with Crippen LogP contribution >= 0.6 is 0 Å². The van der Waals surface area contributed by atoms with E-state index in [9.17, 15) is 17.6 Å². The average Bonchev–Trinajstić information content (AvgIpc) is 2.55. The summed E-state index contributed by atoms with van der Waals surface area (Å²) in [5.41, 5.74) is 2.28. The molecular weight excluding hydrogens is 331 g/mol. The largest absolute Gasteiger partial charge is 0.325 e. The number of nitrogens with zero attached hydrogens (tertiary/aromatic N) is 1. The van der Waals surface area contributed by atoms with Gasteiger partial charge >= 0.3 is 0 Å². The molecule has 1 atom stereocenters. The van der Waals surface area contributed by atoms with Crippen LogP contribution in [0.25, 0.3) is 0 Å². The first-order valence-electron chi connectivity index (χ1n) is 7.44.